The molecule has 0 aromatic heterocycles. The Balaban J connectivity index is 2.95. The minimum Gasteiger partial charge on any atom is -0.504 e. The number of phenols is 1. The topological polar surface area (TPSA) is 87.4 Å². The van der Waals surface area contributed by atoms with Crippen LogP contribution in [0.25, 0.3) is 0 Å². The molecule has 0 unspecified atom stereocenters. The lowest BCUT2D eigenvalue weighted by Gasteiger charge is -2.08. The fourth-order valence-electron chi connectivity index (χ4n) is 0.925. The van der Waals surface area contributed by atoms with Crippen molar-refractivity contribution >= 4 is 23.2 Å². The summed E-state index contributed by atoms with van der Waals surface area (Å²) in [6.07, 6.45) is 0. The van der Waals surface area contributed by atoms with E-state index in [1.807, 2.05) is 5.43 Å². The van der Waals surface area contributed by atoms with Gasteiger partial charge >= 0.3 is 0 Å². The summed E-state index contributed by atoms with van der Waals surface area (Å²) < 4.78 is 25.6. The van der Waals surface area contributed by atoms with Crippen molar-refractivity contribution in [1.29, 1.82) is 0 Å². The molecular formula is C8H7F2N3O2S. The predicted octanol–water partition coefficient (Wildman–Crippen LogP) is 0.148. The van der Waals surface area contributed by atoms with Gasteiger partial charge in [0, 0.05) is 6.07 Å². The molecule has 0 fully saturated rings. The van der Waals surface area contributed by atoms with Crippen LogP contribution in [0.3, 0.4) is 0 Å². The fraction of sp³-hybridized carbons (Fsp3) is 0. The van der Waals surface area contributed by atoms with Gasteiger partial charge in [0.25, 0.3) is 5.91 Å². The molecule has 0 radical (unpaired) electrons. The molecule has 1 aromatic carbocycles. The highest BCUT2D eigenvalue weighted by molar-refractivity contribution is 7.80. The van der Waals surface area contributed by atoms with Crippen LogP contribution in [0.1, 0.15) is 10.4 Å². The highest BCUT2D eigenvalue weighted by Crippen LogP contribution is 2.22. The Morgan fingerprint density at radius 2 is 2.00 bits per heavy atom. The van der Waals surface area contributed by atoms with Crippen LogP contribution in [0, 0.1) is 11.6 Å². The molecule has 8 heteroatoms. The lowest BCUT2D eigenvalue weighted by Crippen LogP contribution is -2.44. The summed E-state index contributed by atoms with van der Waals surface area (Å²) in [6.45, 7) is 0. The van der Waals surface area contributed by atoms with Gasteiger partial charge in [-0.3, -0.25) is 15.6 Å². The number of nitrogens with one attached hydrogen (secondary N) is 2. The van der Waals surface area contributed by atoms with Gasteiger partial charge in [0.05, 0.1) is 5.56 Å². The van der Waals surface area contributed by atoms with E-state index in [1.54, 1.807) is 0 Å². The van der Waals surface area contributed by atoms with Crippen LogP contribution in [0.2, 0.25) is 0 Å². The van der Waals surface area contributed by atoms with Crippen molar-refractivity contribution < 1.29 is 18.7 Å². The van der Waals surface area contributed by atoms with Gasteiger partial charge in [-0.25, -0.2) is 8.78 Å². The maximum atomic E-state index is 12.9. The van der Waals surface area contributed by atoms with Gasteiger partial charge in [-0.05, 0) is 18.3 Å². The molecule has 1 aromatic rings. The molecule has 1 rings (SSSR count). The fourth-order valence-corrected chi connectivity index (χ4v) is 0.976. The summed E-state index contributed by atoms with van der Waals surface area (Å²) >= 11 is 4.39. The van der Waals surface area contributed by atoms with Crippen LogP contribution in [0.5, 0.6) is 5.75 Å². The van der Waals surface area contributed by atoms with E-state index < -0.39 is 28.9 Å². The summed E-state index contributed by atoms with van der Waals surface area (Å²) in [4.78, 5) is 11.3. The van der Waals surface area contributed by atoms with Crippen LogP contribution in [0.4, 0.5) is 8.78 Å². The third kappa shape index (κ3) is 2.76. The number of benzene rings is 1. The number of carbonyl (C=O) groups excluding carboxylic acids is 1. The number of phenolic OH excluding ortho intramolecular Hbond substituents is 1. The highest BCUT2D eigenvalue weighted by atomic mass is 32.1. The van der Waals surface area contributed by atoms with Gasteiger partial charge < -0.3 is 10.8 Å². The van der Waals surface area contributed by atoms with Crippen LogP contribution >= 0.6 is 12.2 Å². The molecule has 86 valence electrons. The summed E-state index contributed by atoms with van der Waals surface area (Å²) in [5.41, 5.74) is 8.45. The number of hydrogen-bond acceptors (Lipinski definition) is 3. The number of thiocarbonyl (C=S) groups is 1. The molecule has 1 amide bonds. The van der Waals surface area contributed by atoms with Crippen molar-refractivity contribution in [1.82, 2.24) is 10.9 Å². The van der Waals surface area contributed by atoms with E-state index in [9.17, 15) is 13.6 Å². The summed E-state index contributed by atoms with van der Waals surface area (Å²) in [6, 6.07) is 1.13. The standard InChI is InChI=1S/C8H7F2N3O2S/c9-3-1-4(6(14)5(10)2-3)7(15)12-13-8(11)16/h1-2,14H,(H,12,15)(H3,11,13,16). The Kier molecular flexibility index (Phi) is 3.56. The van der Waals surface area contributed by atoms with Gasteiger partial charge in [-0.15, -0.1) is 0 Å². The van der Waals surface area contributed by atoms with E-state index >= 15 is 0 Å². The van der Waals surface area contributed by atoms with E-state index in [2.05, 4.69) is 17.6 Å². The number of hydrazine groups is 1. The van der Waals surface area contributed by atoms with Crippen molar-refractivity contribution in [3.63, 3.8) is 0 Å². The molecule has 0 saturated heterocycles. The van der Waals surface area contributed by atoms with Crippen molar-refractivity contribution in [2.24, 2.45) is 5.73 Å². The molecule has 0 aliphatic carbocycles. The molecule has 0 heterocycles. The molecule has 5 nitrogen and oxygen atoms in total. The average Bonchev–Trinajstić information content (AvgIpc) is 2.19. The Hall–Kier alpha value is -1.96. The zero-order valence-electron chi connectivity index (χ0n) is 7.75. The zero-order chi connectivity index (χ0) is 12.3. The van der Waals surface area contributed by atoms with Crippen molar-refractivity contribution in [3.05, 3.63) is 29.3 Å². The number of carbonyl (C=O) groups is 1. The normalized spacial score (nSPS) is 9.62. The maximum absolute atomic E-state index is 12.9. The van der Waals surface area contributed by atoms with Gasteiger partial charge in [0.1, 0.15) is 5.82 Å². The molecule has 5 N–H and O–H groups in total. The largest absolute Gasteiger partial charge is 0.504 e. The lowest BCUT2D eigenvalue weighted by molar-refractivity contribution is 0.0940. The second-order valence-corrected chi connectivity index (χ2v) is 3.17. The monoisotopic (exact) mass is 247 g/mol. The van der Waals surface area contributed by atoms with E-state index in [0.29, 0.717) is 12.1 Å². The first-order valence-corrected chi connectivity index (χ1v) is 4.36. The Labute approximate surface area is 94.2 Å². The molecule has 0 bridgehead atoms. The van der Waals surface area contributed by atoms with E-state index in [-0.39, 0.29) is 5.11 Å². The van der Waals surface area contributed by atoms with Gasteiger partial charge in [0.2, 0.25) is 0 Å². The lowest BCUT2D eigenvalue weighted by atomic mass is 10.2. The quantitative estimate of drug-likeness (QED) is 0.419. The summed E-state index contributed by atoms with van der Waals surface area (Å²) in [5.74, 6) is -4.15. The first-order chi connectivity index (χ1) is 7.41. The number of halogens is 2. The minimum absolute atomic E-state index is 0.232. The van der Waals surface area contributed by atoms with Gasteiger partial charge in [0.15, 0.2) is 16.7 Å². The molecule has 0 aliphatic rings. The molecule has 0 atom stereocenters. The summed E-state index contributed by atoms with van der Waals surface area (Å²) in [7, 11) is 0. The van der Waals surface area contributed by atoms with Crippen molar-refractivity contribution in [2.75, 3.05) is 0 Å². The van der Waals surface area contributed by atoms with Gasteiger partial charge in [-0.2, -0.15) is 0 Å². The number of aromatic hydroxyl groups is 1. The average molecular weight is 247 g/mol. The van der Waals surface area contributed by atoms with Crippen LogP contribution in [-0.2, 0) is 0 Å². The zero-order valence-corrected chi connectivity index (χ0v) is 8.57. The third-order valence-corrected chi connectivity index (χ3v) is 1.67. The van der Waals surface area contributed by atoms with Crippen LogP contribution < -0.4 is 16.6 Å². The van der Waals surface area contributed by atoms with E-state index in [1.165, 1.54) is 0 Å². The maximum Gasteiger partial charge on any atom is 0.273 e. The van der Waals surface area contributed by atoms with Crippen LogP contribution in [0.15, 0.2) is 12.1 Å². The Morgan fingerprint density at radius 3 is 2.56 bits per heavy atom. The number of amides is 1. The second kappa shape index (κ2) is 4.71. The van der Waals surface area contributed by atoms with Crippen molar-refractivity contribution in [3.8, 4) is 5.75 Å². The number of nitrogens with two attached hydrogens (primary N) is 1. The molecular weight excluding hydrogens is 240 g/mol. The third-order valence-electron chi connectivity index (χ3n) is 1.57. The Bertz CT molecular complexity index is 453. The molecule has 0 saturated carbocycles. The van der Waals surface area contributed by atoms with E-state index in [0.717, 1.165) is 0 Å². The highest BCUT2D eigenvalue weighted by Gasteiger charge is 2.16. The minimum atomic E-state index is -1.24. The van der Waals surface area contributed by atoms with Gasteiger partial charge in [-0.1, -0.05) is 0 Å². The first-order valence-electron chi connectivity index (χ1n) is 3.95. The Morgan fingerprint density at radius 1 is 1.38 bits per heavy atom. The molecule has 0 aliphatic heterocycles. The molecule has 0 spiro atoms. The SMILES string of the molecule is NC(=S)NNC(=O)c1cc(F)cc(F)c1O. The molecule has 16 heavy (non-hydrogen) atoms. The van der Waals surface area contributed by atoms with Crippen LogP contribution in [-0.4, -0.2) is 16.1 Å². The van der Waals surface area contributed by atoms with Crippen molar-refractivity contribution in [2.45, 2.75) is 0 Å². The first kappa shape index (κ1) is 12.1. The number of hydrogen-bond donors (Lipinski definition) is 4. The second-order valence-electron chi connectivity index (χ2n) is 2.73. The smallest absolute Gasteiger partial charge is 0.273 e. The number of rotatable bonds is 1. The predicted molar refractivity (Wildman–Crippen MR) is 55.4 cm³/mol. The van der Waals surface area contributed by atoms with E-state index in [4.69, 9.17) is 10.8 Å². The summed E-state index contributed by atoms with van der Waals surface area (Å²) in [5, 5.41) is 8.93.